The summed E-state index contributed by atoms with van der Waals surface area (Å²) in [5, 5.41) is 24.7. The highest BCUT2D eigenvalue weighted by Gasteiger charge is 2.33. The van der Waals surface area contributed by atoms with Gasteiger partial charge in [0.25, 0.3) is 5.69 Å². The van der Waals surface area contributed by atoms with Crippen molar-refractivity contribution in [1.82, 2.24) is 20.2 Å². The maximum absolute atomic E-state index is 12.8. The molecule has 9 nitrogen and oxygen atoms in total. The van der Waals surface area contributed by atoms with E-state index in [-0.39, 0.29) is 10.6 Å². The first-order chi connectivity index (χ1) is 14.1. The Morgan fingerprint density at radius 3 is 2.67 bits per heavy atom. The van der Waals surface area contributed by atoms with Crippen LogP contribution in [0.4, 0.5) is 24.5 Å². The zero-order chi connectivity index (χ0) is 21.9. The van der Waals surface area contributed by atoms with Gasteiger partial charge in [0.15, 0.2) is 0 Å². The number of carbonyl (C=O) groups excluding carboxylic acids is 1. The average Bonchev–Trinajstić information content (AvgIpc) is 3.21. The largest absolute Gasteiger partial charge is 0.416 e. The van der Waals surface area contributed by atoms with Gasteiger partial charge in [-0.05, 0) is 47.2 Å². The Kier molecular flexibility index (Phi) is 6.01. The number of halogens is 3. The molecule has 0 aliphatic carbocycles. The van der Waals surface area contributed by atoms with Gasteiger partial charge in [-0.15, -0.1) is 16.9 Å². The second kappa shape index (κ2) is 8.49. The maximum Gasteiger partial charge on any atom is 0.416 e. The summed E-state index contributed by atoms with van der Waals surface area (Å²) in [6, 6.07) is 7.24. The molecule has 0 fully saturated rings. The molecule has 30 heavy (non-hydrogen) atoms. The van der Waals surface area contributed by atoms with Gasteiger partial charge in [0.1, 0.15) is 6.33 Å². The van der Waals surface area contributed by atoms with Crippen LogP contribution in [0.25, 0.3) is 5.69 Å². The van der Waals surface area contributed by atoms with Crippen LogP contribution in [0.3, 0.4) is 0 Å². The number of hydrogen-bond acceptors (Lipinski definition) is 7. The Balaban J connectivity index is 1.71. The minimum absolute atomic E-state index is 0.0403. The van der Waals surface area contributed by atoms with Crippen LogP contribution in [-0.2, 0) is 11.0 Å². The number of hydrogen-bond donors (Lipinski definition) is 1. The molecular weight excluding hydrogens is 425 g/mol. The van der Waals surface area contributed by atoms with Crippen molar-refractivity contribution in [2.75, 3.05) is 11.1 Å². The van der Waals surface area contributed by atoms with Crippen molar-refractivity contribution in [3.05, 3.63) is 64.0 Å². The Morgan fingerprint density at radius 2 is 2.03 bits per heavy atom. The van der Waals surface area contributed by atoms with Crippen molar-refractivity contribution in [3.63, 3.8) is 0 Å². The molecule has 2 aromatic carbocycles. The molecule has 0 unspecified atom stereocenters. The summed E-state index contributed by atoms with van der Waals surface area (Å²) >= 11 is 0.769. The number of nitrogens with one attached hydrogen (secondary N) is 1. The molecule has 3 aromatic rings. The number of nitrogens with zero attached hydrogens (tertiary/aromatic N) is 5. The molecule has 0 aliphatic heterocycles. The molecule has 0 spiro atoms. The molecule has 0 saturated carbocycles. The third-order valence-corrected chi connectivity index (χ3v) is 4.99. The van der Waals surface area contributed by atoms with E-state index in [2.05, 4.69) is 20.8 Å². The van der Waals surface area contributed by atoms with E-state index in [1.54, 1.807) is 18.2 Å². The number of rotatable bonds is 6. The van der Waals surface area contributed by atoms with Gasteiger partial charge >= 0.3 is 6.18 Å². The van der Waals surface area contributed by atoms with Crippen LogP contribution in [0, 0.1) is 17.0 Å². The zero-order valence-electron chi connectivity index (χ0n) is 15.3. The zero-order valence-corrected chi connectivity index (χ0v) is 16.1. The van der Waals surface area contributed by atoms with Crippen LogP contribution in [0.15, 0.2) is 47.6 Å². The van der Waals surface area contributed by atoms with Crippen molar-refractivity contribution in [2.45, 2.75) is 18.0 Å². The van der Waals surface area contributed by atoms with Crippen molar-refractivity contribution in [2.24, 2.45) is 0 Å². The van der Waals surface area contributed by atoms with Crippen LogP contribution in [0.1, 0.15) is 11.1 Å². The third kappa shape index (κ3) is 4.92. The van der Waals surface area contributed by atoms with Gasteiger partial charge in [-0.1, -0.05) is 6.07 Å². The number of benzene rings is 2. The predicted molar refractivity (Wildman–Crippen MR) is 101 cm³/mol. The molecular formula is C17H13F3N6O3S. The van der Waals surface area contributed by atoms with Crippen LogP contribution >= 0.6 is 11.8 Å². The topological polar surface area (TPSA) is 116 Å². The van der Waals surface area contributed by atoms with Gasteiger partial charge in [0.05, 0.1) is 26.8 Å². The van der Waals surface area contributed by atoms with E-state index in [9.17, 15) is 28.1 Å². The van der Waals surface area contributed by atoms with Crippen molar-refractivity contribution in [1.29, 1.82) is 0 Å². The van der Waals surface area contributed by atoms with Crippen molar-refractivity contribution in [3.8, 4) is 5.69 Å². The van der Waals surface area contributed by atoms with E-state index >= 15 is 0 Å². The van der Waals surface area contributed by atoms with Gasteiger partial charge in [-0.3, -0.25) is 14.9 Å². The number of alkyl halides is 3. The molecule has 0 radical (unpaired) electrons. The lowest BCUT2D eigenvalue weighted by Gasteiger charge is -2.10. The number of thioether (sulfide) groups is 1. The molecule has 1 aromatic heterocycles. The van der Waals surface area contributed by atoms with E-state index in [4.69, 9.17) is 0 Å². The highest BCUT2D eigenvalue weighted by atomic mass is 32.2. The lowest BCUT2D eigenvalue weighted by molar-refractivity contribution is -0.388. The molecule has 13 heteroatoms. The van der Waals surface area contributed by atoms with Crippen molar-refractivity contribution >= 4 is 29.0 Å². The van der Waals surface area contributed by atoms with Gasteiger partial charge in [-0.25, -0.2) is 4.68 Å². The molecule has 1 amide bonds. The van der Waals surface area contributed by atoms with E-state index in [0.29, 0.717) is 17.4 Å². The number of nitro groups is 1. The molecule has 1 heterocycles. The Labute approximate surface area is 171 Å². The number of nitro benzene ring substituents is 1. The average molecular weight is 438 g/mol. The Bertz CT molecular complexity index is 1090. The summed E-state index contributed by atoms with van der Waals surface area (Å²) in [6.45, 7) is 1.84. The number of amides is 1. The number of anilines is 1. The molecule has 156 valence electrons. The van der Waals surface area contributed by atoms with E-state index in [1.807, 2.05) is 6.92 Å². The van der Waals surface area contributed by atoms with Gasteiger partial charge in [0, 0.05) is 11.8 Å². The summed E-state index contributed by atoms with van der Waals surface area (Å²) in [6.07, 6.45) is -3.30. The SMILES string of the molecule is Cc1ccc(NC(=O)CSc2ccc(C(F)(F)F)cc2[N+](=O)[O-])cc1-n1cnnn1. The lowest BCUT2D eigenvalue weighted by atomic mass is 10.2. The smallest absolute Gasteiger partial charge is 0.325 e. The Hall–Kier alpha value is -3.48. The first-order valence-electron chi connectivity index (χ1n) is 8.27. The summed E-state index contributed by atoms with van der Waals surface area (Å²) in [5.41, 5.74) is 0.106. The highest BCUT2D eigenvalue weighted by molar-refractivity contribution is 8.00. The van der Waals surface area contributed by atoms with Gasteiger partial charge in [0.2, 0.25) is 5.91 Å². The number of aryl methyl sites for hydroxylation is 1. The van der Waals surface area contributed by atoms with Crippen molar-refractivity contribution < 1.29 is 22.9 Å². The fraction of sp³-hybridized carbons (Fsp3) is 0.176. The van der Waals surface area contributed by atoms with Crippen LogP contribution in [-0.4, -0.2) is 36.8 Å². The number of aromatic nitrogens is 4. The lowest BCUT2D eigenvalue weighted by Crippen LogP contribution is -2.14. The highest BCUT2D eigenvalue weighted by Crippen LogP contribution is 2.36. The standard InChI is InChI=1S/C17H13F3N6O3S/c1-10-2-4-12(7-13(10)25-9-21-23-24-25)22-16(27)8-30-15-5-3-11(17(18,19)20)6-14(15)26(28)29/h2-7,9H,8H2,1H3,(H,22,27). The van der Waals surface area contributed by atoms with E-state index in [1.165, 1.54) is 11.0 Å². The quantitative estimate of drug-likeness (QED) is 0.355. The normalized spacial score (nSPS) is 11.3. The fourth-order valence-corrected chi connectivity index (χ4v) is 3.31. The van der Waals surface area contributed by atoms with Crippen LogP contribution in [0.2, 0.25) is 0 Å². The van der Waals surface area contributed by atoms with E-state index in [0.717, 1.165) is 29.5 Å². The molecule has 1 N–H and O–H groups in total. The number of carbonyl (C=O) groups is 1. The van der Waals surface area contributed by atoms with E-state index < -0.39 is 28.3 Å². The van der Waals surface area contributed by atoms with Crippen LogP contribution < -0.4 is 5.32 Å². The molecule has 0 aliphatic rings. The first kappa shape index (κ1) is 21.2. The molecule has 0 saturated heterocycles. The molecule has 0 atom stereocenters. The van der Waals surface area contributed by atoms with Crippen LogP contribution in [0.5, 0.6) is 0 Å². The summed E-state index contributed by atoms with van der Waals surface area (Å²) < 4.78 is 39.7. The predicted octanol–water partition coefficient (Wildman–Crippen LogP) is 3.63. The van der Waals surface area contributed by atoms with Gasteiger partial charge < -0.3 is 5.32 Å². The Morgan fingerprint density at radius 1 is 1.27 bits per heavy atom. The summed E-state index contributed by atoms with van der Waals surface area (Å²) in [4.78, 5) is 22.4. The fourth-order valence-electron chi connectivity index (χ4n) is 2.50. The maximum atomic E-state index is 12.8. The minimum Gasteiger partial charge on any atom is -0.325 e. The molecule has 0 bridgehead atoms. The van der Waals surface area contributed by atoms with Gasteiger partial charge in [-0.2, -0.15) is 13.2 Å². The first-order valence-corrected chi connectivity index (χ1v) is 9.26. The third-order valence-electron chi connectivity index (χ3n) is 3.93. The second-order valence-electron chi connectivity index (χ2n) is 6.03. The summed E-state index contributed by atoms with van der Waals surface area (Å²) in [7, 11) is 0. The second-order valence-corrected chi connectivity index (χ2v) is 7.05. The molecule has 3 rings (SSSR count). The number of tetrazole rings is 1. The summed E-state index contributed by atoms with van der Waals surface area (Å²) in [5.74, 6) is -0.721. The minimum atomic E-state index is -4.70. The monoisotopic (exact) mass is 438 g/mol.